The first kappa shape index (κ1) is 11.3. The van der Waals surface area contributed by atoms with Crippen LogP contribution in [0, 0.1) is 0 Å². The Morgan fingerprint density at radius 3 is 3.06 bits per heavy atom. The summed E-state index contributed by atoms with van der Waals surface area (Å²) in [5.41, 5.74) is 1.62. The number of pyridine rings is 1. The normalized spacial score (nSPS) is 20.3. The molecule has 2 aromatic heterocycles. The van der Waals surface area contributed by atoms with Gasteiger partial charge < -0.3 is 9.30 Å². The van der Waals surface area contributed by atoms with E-state index < -0.39 is 6.17 Å². The highest BCUT2D eigenvalue weighted by atomic mass is 19.1. The molecule has 0 spiro atoms. The van der Waals surface area contributed by atoms with Gasteiger partial charge in [0.15, 0.2) is 0 Å². The van der Waals surface area contributed by atoms with E-state index >= 15 is 0 Å². The number of halogens is 1. The molecule has 3 rings (SSSR count). The van der Waals surface area contributed by atoms with Crippen LogP contribution in [-0.2, 0) is 0 Å². The van der Waals surface area contributed by atoms with Crippen LogP contribution in [0.15, 0.2) is 36.7 Å². The summed E-state index contributed by atoms with van der Waals surface area (Å²) in [6.45, 7) is 0.885. The zero-order valence-corrected chi connectivity index (χ0v) is 10.1. The quantitative estimate of drug-likeness (QED) is 0.758. The van der Waals surface area contributed by atoms with E-state index in [1.807, 2.05) is 34.9 Å². The van der Waals surface area contributed by atoms with Crippen LogP contribution in [0.5, 0.6) is 0 Å². The first-order chi connectivity index (χ1) is 8.74. The Morgan fingerprint density at radius 2 is 2.28 bits per heavy atom. The number of hydrogen-bond acceptors (Lipinski definition) is 1. The van der Waals surface area contributed by atoms with Crippen LogP contribution < -0.4 is 0 Å². The van der Waals surface area contributed by atoms with Gasteiger partial charge in [-0.05, 0) is 31.0 Å². The van der Waals surface area contributed by atoms with Crippen LogP contribution in [0.2, 0.25) is 0 Å². The maximum atomic E-state index is 13.3. The Morgan fingerprint density at radius 1 is 1.39 bits per heavy atom. The number of carbonyl (C=O) groups excluding carboxylic acids is 1. The second-order valence-electron chi connectivity index (χ2n) is 4.75. The lowest BCUT2D eigenvalue weighted by Gasteiger charge is -2.28. The highest BCUT2D eigenvalue weighted by Gasteiger charge is 2.24. The molecule has 1 aliphatic heterocycles. The third-order valence-electron chi connectivity index (χ3n) is 3.40. The van der Waals surface area contributed by atoms with Gasteiger partial charge in [-0.1, -0.05) is 6.07 Å². The van der Waals surface area contributed by atoms with Crippen molar-refractivity contribution in [2.75, 3.05) is 13.1 Å². The standard InChI is InChI=1S/C14H15FN2O/c15-12-4-3-7-17(10-12)14(18)11-8-13-5-1-2-6-16(13)9-11/h1-2,5-6,8-9,12H,3-4,7,10H2. The summed E-state index contributed by atoms with van der Waals surface area (Å²) < 4.78 is 15.2. The van der Waals surface area contributed by atoms with Gasteiger partial charge in [0.25, 0.3) is 5.91 Å². The minimum absolute atomic E-state index is 0.0685. The van der Waals surface area contributed by atoms with Crippen LogP contribution in [0.4, 0.5) is 4.39 Å². The highest BCUT2D eigenvalue weighted by Crippen LogP contribution is 2.17. The Bertz CT molecular complexity index is 545. The molecule has 0 bridgehead atoms. The summed E-state index contributed by atoms with van der Waals surface area (Å²) in [5, 5.41) is 0. The fourth-order valence-electron chi connectivity index (χ4n) is 2.46. The first-order valence-corrected chi connectivity index (χ1v) is 6.24. The van der Waals surface area contributed by atoms with Crippen LogP contribution in [0.25, 0.3) is 5.52 Å². The summed E-state index contributed by atoms with van der Waals surface area (Å²) in [6.07, 6.45) is 4.15. The Kier molecular flexibility index (Phi) is 2.78. The fraction of sp³-hybridized carbons (Fsp3) is 0.357. The molecular weight excluding hydrogens is 231 g/mol. The molecule has 0 saturated carbocycles. The molecule has 3 heterocycles. The minimum atomic E-state index is -0.875. The van der Waals surface area contributed by atoms with Gasteiger partial charge in [-0.15, -0.1) is 0 Å². The zero-order valence-electron chi connectivity index (χ0n) is 10.1. The third-order valence-corrected chi connectivity index (χ3v) is 3.40. The van der Waals surface area contributed by atoms with E-state index in [0.717, 1.165) is 11.9 Å². The molecule has 1 saturated heterocycles. The molecule has 0 radical (unpaired) electrons. The van der Waals surface area contributed by atoms with Crippen molar-refractivity contribution >= 4 is 11.4 Å². The molecule has 1 amide bonds. The largest absolute Gasteiger partial charge is 0.336 e. The van der Waals surface area contributed by atoms with Gasteiger partial charge in [0.05, 0.1) is 12.1 Å². The van der Waals surface area contributed by atoms with Crippen molar-refractivity contribution in [1.82, 2.24) is 9.30 Å². The van der Waals surface area contributed by atoms with Gasteiger partial charge >= 0.3 is 0 Å². The minimum Gasteiger partial charge on any atom is -0.336 e. The molecule has 0 N–H and O–H groups in total. The molecule has 4 heteroatoms. The molecule has 18 heavy (non-hydrogen) atoms. The summed E-state index contributed by atoms with van der Waals surface area (Å²) in [5.74, 6) is -0.0685. The summed E-state index contributed by atoms with van der Waals surface area (Å²) in [4.78, 5) is 13.9. The van der Waals surface area contributed by atoms with Gasteiger partial charge in [-0.2, -0.15) is 0 Å². The second-order valence-corrected chi connectivity index (χ2v) is 4.75. The van der Waals surface area contributed by atoms with Gasteiger partial charge in [-0.3, -0.25) is 4.79 Å². The maximum Gasteiger partial charge on any atom is 0.255 e. The van der Waals surface area contributed by atoms with Crippen molar-refractivity contribution in [3.8, 4) is 0 Å². The number of rotatable bonds is 1. The summed E-state index contributed by atoms with van der Waals surface area (Å²) in [6, 6.07) is 7.65. The molecule has 3 nitrogen and oxygen atoms in total. The monoisotopic (exact) mass is 246 g/mol. The number of nitrogens with zero attached hydrogens (tertiary/aromatic N) is 2. The molecule has 1 unspecified atom stereocenters. The lowest BCUT2D eigenvalue weighted by Crippen LogP contribution is -2.40. The van der Waals surface area contributed by atoms with E-state index in [1.165, 1.54) is 0 Å². The topological polar surface area (TPSA) is 24.7 Å². The number of piperidine rings is 1. The summed E-state index contributed by atoms with van der Waals surface area (Å²) in [7, 11) is 0. The maximum absolute atomic E-state index is 13.3. The SMILES string of the molecule is O=C(c1cc2ccccn2c1)N1CCCC(F)C1. The van der Waals surface area contributed by atoms with Crippen molar-refractivity contribution in [3.63, 3.8) is 0 Å². The van der Waals surface area contributed by atoms with Crippen molar-refractivity contribution in [3.05, 3.63) is 42.2 Å². The van der Waals surface area contributed by atoms with Crippen LogP contribution in [0.3, 0.4) is 0 Å². The lowest BCUT2D eigenvalue weighted by atomic mass is 10.1. The van der Waals surface area contributed by atoms with E-state index in [4.69, 9.17) is 0 Å². The molecule has 94 valence electrons. The molecule has 2 aromatic rings. The molecular formula is C14H15FN2O. The van der Waals surface area contributed by atoms with E-state index in [-0.39, 0.29) is 12.5 Å². The van der Waals surface area contributed by atoms with E-state index in [2.05, 4.69) is 0 Å². The van der Waals surface area contributed by atoms with Crippen molar-refractivity contribution in [2.45, 2.75) is 19.0 Å². The Labute approximate surface area is 105 Å². The first-order valence-electron chi connectivity index (χ1n) is 6.24. The smallest absolute Gasteiger partial charge is 0.255 e. The second kappa shape index (κ2) is 4.44. The zero-order chi connectivity index (χ0) is 12.5. The average Bonchev–Trinajstić information content (AvgIpc) is 2.81. The molecule has 1 atom stereocenters. The molecule has 0 aliphatic carbocycles. The Hall–Kier alpha value is -1.84. The fourth-order valence-corrected chi connectivity index (χ4v) is 2.46. The van der Waals surface area contributed by atoms with Gasteiger partial charge in [0.2, 0.25) is 0 Å². The predicted molar refractivity (Wildman–Crippen MR) is 67.4 cm³/mol. The number of fused-ring (bicyclic) bond motifs is 1. The summed E-state index contributed by atoms with van der Waals surface area (Å²) >= 11 is 0. The third kappa shape index (κ3) is 1.98. The number of aromatic nitrogens is 1. The highest BCUT2D eigenvalue weighted by molar-refractivity contribution is 5.95. The van der Waals surface area contributed by atoms with Crippen LogP contribution in [-0.4, -0.2) is 34.5 Å². The van der Waals surface area contributed by atoms with E-state index in [9.17, 15) is 9.18 Å². The Balaban J connectivity index is 1.87. The molecule has 1 fully saturated rings. The van der Waals surface area contributed by atoms with Crippen molar-refractivity contribution in [1.29, 1.82) is 0 Å². The van der Waals surface area contributed by atoms with Crippen molar-refractivity contribution < 1.29 is 9.18 Å². The predicted octanol–water partition coefficient (Wildman–Crippen LogP) is 2.51. The average molecular weight is 246 g/mol. The van der Waals surface area contributed by atoms with Crippen LogP contribution in [0.1, 0.15) is 23.2 Å². The molecule has 1 aliphatic rings. The number of carbonyl (C=O) groups is 1. The number of amides is 1. The van der Waals surface area contributed by atoms with Crippen molar-refractivity contribution in [2.24, 2.45) is 0 Å². The van der Waals surface area contributed by atoms with Crippen LogP contribution >= 0.6 is 0 Å². The van der Waals surface area contributed by atoms with Gasteiger partial charge in [0, 0.05) is 24.5 Å². The van der Waals surface area contributed by atoms with Gasteiger partial charge in [-0.25, -0.2) is 4.39 Å². The number of hydrogen-bond donors (Lipinski definition) is 0. The van der Waals surface area contributed by atoms with Gasteiger partial charge in [0.1, 0.15) is 6.17 Å². The molecule has 0 aromatic carbocycles. The number of likely N-dealkylation sites (tertiary alicyclic amines) is 1. The van der Waals surface area contributed by atoms with E-state index in [0.29, 0.717) is 18.5 Å². The lowest BCUT2D eigenvalue weighted by molar-refractivity contribution is 0.0636. The number of alkyl halides is 1. The van der Waals surface area contributed by atoms with E-state index in [1.54, 1.807) is 11.1 Å².